The van der Waals surface area contributed by atoms with Gasteiger partial charge in [-0.3, -0.25) is 4.79 Å². The molecular formula is C12H15ClO3S. The Morgan fingerprint density at radius 1 is 1.35 bits per heavy atom. The maximum absolute atomic E-state index is 11.7. The second kappa shape index (κ2) is 5.65. The Hall–Kier alpha value is -0.870. The van der Waals surface area contributed by atoms with Gasteiger partial charge >= 0.3 is 0 Å². The Bertz CT molecular complexity index is 521. The standard InChI is InChI=1S/C12H15ClO3S/c1-9-5-6-10(8-11(9)13)12(14)4-3-7-17(2,15)16/h5-6,8H,3-4,7H2,1-2H3. The lowest BCUT2D eigenvalue weighted by molar-refractivity contribution is 0.0982. The highest BCUT2D eigenvalue weighted by atomic mass is 35.5. The summed E-state index contributed by atoms with van der Waals surface area (Å²) in [6, 6.07) is 5.12. The average molecular weight is 275 g/mol. The molecule has 0 bridgehead atoms. The van der Waals surface area contributed by atoms with Crippen molar-refractivity contribution in [2.45, 2.75) is 19.8 Å². The second-order valence-electron chi connectivity index (χ2n) is 4.12. The molecule has 0 saturated heterocycles. The first kappa shape index (κ1) is 14.2. The number of aryl methyl sites for hydroxylation is 1. The third-order valence-corrected chi connectivity index (χ3v) is 3.85. The molecule has 0 unspecified atom stereocenters. The summed E-state index contributed by atoms with van der Waals surface area (Å²) in [5, 5.41) is 0.555. The third kappa shape index (κ3) is 4.88. The molecule has 0 spiro atoms. The number of halogens is 1. The minimum absolute atomic E-state index is 0.0400. The lowest BCUT2D eigenvalue weighted by atomic mass is 10.1. The van der Waals surface area contributed by atoms with Crippen molar-refractivity contribution in [3.8, 4) is 0 Å². The number of sulfone groups is 1. The molecule has 3 nitrogen and oxygen atoms in total. The van der Waals surface area contributed by atoms with Crippen molar-refractivity contribution in [2.75, 3.05) is 12.0 Å². The van der Waals surface area contributed by atoms with E-state index in [2.05, 4.69) is 0 Å². The number of Topliss-reactive ketones (excluding diaryl/α,β-unsaturated/α-hetero) is 1. The summed E-state index contributed by atoms with van der Waals surface area (Å²) in [6.07, 6.45) is 1.75. The van der Waals surface area contributed by atoms with Gasteiger partial charge in [0.2, 0.25) is 0 Å². The first-order chi connectivity index (χ1) is 7.79. The van der Waals surface area contributed by atoms with Crippen LogP contribution in [0.3, 0.4) is 0 Å². The van der Waals surface area contributed by atoms with Gasteiger partial charge in [0.25, 0.3) is 0 Å². The number of ketones is 1. The Morgan fingerprint density at radius 3 is 2.53 bits per heavy atom. The SMILES string of the molecule is Cc1ccc(C(=O)CCCS(C)(=O)=O)cc1Cl. The van der Waals surface area contributed by atoms with Crippen LogP contribution in [-0.2, 0) is 9.84 Å². The third-order valence-electron chi connectivity index (χ3n) is 2.41. The van der Waals surface area contributed by atoms with Gasteiger partial charge in [0.05, 0.1) is 5.75 Å². The molecule has 0 saturated carbocycles. The van der Waals surface area contributed by atoms with E-state index in [0.717, 1.165) is 5.56 Å². The smallest absolute Gasteiger partial charge is 0.162 e. The Kier molecular flexibility index (Phi) is 4.71. The van der Waals surface area contributed by atoms with Crippen molar-refractivity contribution in [3.63, 3.8) is 0 Å². The maximum atomic E-state index is 11.7. The van der Waals surface area contributed by atoms with E-state index in [-0.39, 0.29) is 18.0 Å². The zero-order chi connectivity index (χ0) is 13.1. The maximum Gasteiger partial charge on any atom is 0.162 e. The van der Waals surface area contributed by atoms with Gasteiger partial charge < -0.3 is 0 Å². The van der Waals surface area contributed by atoms with Crippen LogP contribution >= 0.6 is 11.6 Å². The molecule has 5 heteroatoms. The normalized spacial score (nSPS) is 11.5. The summed E-state index contributed by atoms with van der Waals surface area (Å²) in [7, 11) is -3.00. The highest BCUT2D eigenvalue weighted by Crippen LogP contribution is 2.18. The van der Waals surface area contributed by atoms with E-state index in [1.807, 2.05) is 6.92 Å². The summed E-state index contributed by atoms with van der Waals surface area (Å²) >= 11 is 5.92. The molecule has 0 aromatic heterocycles. The van der Waals surface area contributed by atoms with E-state index in [4.69, 9.17) is 11.6 Å². The number of hydrogen-bond acceptors (Lipinski definition) is 3. The first-order valence-electron chi connectivity index (χ1n) is 5.26. The van der Waals surface area contributed by atoms with Crippen molar-refractivity contribution in [3.05, 3.63) is 34.3 Å². The van der Waals surface area contributed by atoms with Gasteiger partial charge in [-0.15, -0.1) is 0 Å². The van der Waals surface area contributed by atoms with Crippen LogP contribution in [0.15, 0.2) is 18.2 Å². The quantitative estimate of drug-likeness (QED) is 0.776. The molecule has 1 rings (SSSR count). The van der Waals surface area contributed by atoms with Gasteiger partial charge in [0.1, 0.15) is 9.84 Å². The van der Waals surface area contributed by atoms with Gasteiger partial charge in [-0.1, -0.05) is 23.7 Å². The number of benzene rings is 1. The van der Waals surface area contributed by atoms with Crippen molar-refractivity contribution in [2.24, 2.45) is 0 Å². The number of rotatable bonds is 5. The predicted octanol–water partition coefficient (Wildman–Crippen LogP) is 2.66. The van der Waals surface area contributed by atoms with E-state index in [0.29, 0.717) is 17.0 Å². The van der Waals surface area contributed by atoms with E-state index < -0.39 is 9.84 Å². The molecule has 0 heterocycles. The second-order valence-corrected chi connectivity index (χ2v) is 6.79. The molecule has 1 aromatic rings. The van der Waals surface area contributed by atoms with Crippen LogP contribution < -0.4 is 0 Å². The molecule has 0 fully saturated rings. The lowest BCUT2D eigenvalue weighted by Gasteiger charge is -2.03. The molecule has 17 heavy (non-hydrogen) atoms. The van der Waals surface area contributed by atoms with Gasteiger partial charge in [0.15, 0.2) is 5.78 Å². The van der Waals surface area contributed by atoms with Crippen LogP contribution in [0.2, 0.25) is 5.02 Å². The molecule has 94 valence electrons. The molecule has 0 aliphatic rings. The van der Waals surface area contributed by atoms with Crippen LogP contribution in [0.5, 0.6) is 0 Å². The van der Waals surface area contributed by atoms with E-state index >= 15 is 0 Å². The van der Waals surface area contributed by atoms with Crippen LogP contribution in [0.1, 0.15) is 28.8 Å². The average Bonchev–Trinajstić information content (AvgIpc) is 2.20. The summed E-state index contributed by atoms with van der Waals surface area (Å²) in [6.45, 7) is 1.86. The molecule has 0 atom stereocenters. The first-order valence-corrected chi connectivity index (χ1v) is 7.70. The summed E-state index contributed by atoms with van der Waals surface area (Å²) < 4.78 is 21.8. The topological polar surface area (TPSA) is 51.2 Å². The highest BCUT2D eigenvalue weighted by Gasteiger charge is 2.09. The summed E-state index contributed by atoms with van der Waals surface area (Å²) in [4.78, 5) is 11.7. The fourth-order valence-electron chi connectivity index (χ4n) is 1.41. The largest absolute Gasteiger partial charge is 0.294 e. The zero-order valence-corrected chi connectivity index (χ0v) is 11.4. The summed E-state index contributed by atoms with van der Waals surface area (Å²) in [5.41, 5.74) is 1.45. The Morgan fingerprint density at radius 2 is 2.00 bits per heavy atom. The van der Waals surface area contributed by atoms with Gasteiger partial charge in [-0.2, -0.15) is 0 Å². The Labute approximate surface area is 107 Å². The monoisotopic (exact) mass is 274 g/mol. The fraction of sp³-hybridized carbons (Fsp3) is 0.417. The van der Waals surface area contributed by atoms with Crippen LogP contribution in [0, 0.1) is 6.92 Å². The lowest BCUT2D eigenvalue weighted by Crippen LogP contribution is -2.06. The van der Waals surface area contributed by atoms with Crippen LogP contribution in [0.25, 0.3) is 0 Å². The van der Waals surface area contributed by atoms with Gasteiger partial charge in [0, 0.05) is 23.3 Å². The van der Waals surface area contributed by atoms with Gasteiger partial charge in [-0.25, -0.2) is 8.42 Å². The number of carbonyl (C=O) groups is 1. The van der Waals surface area contributed by atoms with Crippen LogP contribution in [-0.4, -0.2) is 26.2 Å². The molecule has 0 radical (unpaired) electrons. The van der Waals surface area contributed by atoms with Crippen molar-refractivity contribution in [1.29, 1.82) is 0 Å². The predicted molar refractivity (Wildman–Crippen MR) is 69.5 cm³/mol. The molecule has 0 aliphatic carbocycles. The molecular weight excluding hydrogens is 260 g/mol. The minimum atomic E-state index is -3.00. The summed E-state index contributed by atoms with van der Waals surface area (Å²) in [5.74, 6) is -0.0336. The number of hydrogen-bond donors (Lipinski definition) is 0. The molecule has 1 aromatic carbocycles. The molecule has 0 amide bonds. The Balaban J connectivity index is 2.61. The van der Waals surface area contributed by atoms with E-state index in [9.17, 15) is 13.2 Å². The highest BCUT2D eigenvalue weighted by molar-refractivity contribution is 7.90. The minimum Gasteiger partial charge on any atom is -0.294 e. The zero-order valence-electron chi connectivity index (χ0n) is 9.86. The van der Waals surface area contributed by atoms with E-state index in [1.165, 1.54) is 6.26 Å². The van der Waals surface area contributed by atoms with E-state index in [1.54, 1.807) is 18.2 Å². The van der Waals surface area contributed by atoms with Crippen molar-refractivity contribution in [1.82, 2.24) is 0 Å². The fourth-order valence-corrected chi connectivity index (χ4v) is 2.25. The number of carbonyl (C=O) groups excluding carboxylic acids is 1. The van der Waals surface area contributed by atoms with Crippen molar-refractivity contribution >= 4 is 27.2 Å². The van der Waals surface area contributed by atoms with Crippen LogP contribution in [0.4, 0.5) is 0 Å². The molecule has 0 N–H and O–H groups in total. The van der Waals surface area contributed by atoms with Gasteiger partial charge in [-0.05, 0) is 25.0 Å². The van der Waals surface area contributed by atoms with Crippen molar-refractivity contribution < 1.29 is 13.2 Å². The molecule has 0 aliphatic heterocycles.